The number of amides is 1. The summed E-state index contributed by atoms with van der Waals surface area (Å²) < 4.78 is 27.5. The summed E-state index contributed by atoms with van der Waals surface area (Å²) in [5.74, 6) is -4.70. The number of fused-ring (bicyclic) bond motifs is 2. The molecule has 3 atom stereocenters. The Bertz CT molecular complexity index is 363. The van der Waals surface area contributed by atoms with Crippen molar-refractivity contribution in [2.24, 2.45) is 11.8 Å². The molecule has 1 heterocycles. The number of carboxylic acid groups (broad SMARTS) is 1. The van der Waals surface area contributed by atoms with Gasteiger partial charge in [0.25, 0.3) is 5.92 Å². The number of rotatable bonds is 7. The summed E-state index contributed by atoms with van der Waals surface area (Å²) in [7, 11) is 0. The van der Waals surface area contributed by atoms with Crippen LogP contribution in [0, 0.1) is 11.8 Å². The summed E-state index contributed by atoms with van der Waals surface area (Å²) in [5, 5.41) is 11.1. The number of alkyl halides is 2. The predicted molar refractivity (Wildman–Crippen MR) is 67.5 cm³/mol. The molecule has 0 radical (unpaired) electrons. The maximum absolute atomic E-state index is 13.7. The quantitative estimate of drug-likeness (QED) is 0.685. The molecule has 1 saturated heterocycles. The van der Waals surface area contributed by atoms with Crippen molar-refractivity contribution in [3.63, 3.8) is 0 Å². The highest BCUT2D eigenvalue weighted by molar-refractivity contribution is 5.76. The molecule has 1 saturated carbocycles. The van der Waals surface area contributed by atoms with Crippen LogP contribution in [0.15, 0.2) is 0 Å². The Kier molecular flexibility index (Phi) is 4.57. The van der Waals surface area contributed by atoms with Crippen LogP contribution in [0.3, 0.4) is 0 Å². The largest absolute Gasteiger partial charge is 0.480 e. The van der Waals surface area contributed by atoms with Gasteiger partial charge in [-0.15, -0.1) is 0 Å². The Morgan fingerprint density at radius 2 is 2.00 bits per heavy atom. The number of aliphatic carboxylic acids is 1. The van der Waals surface area contributed by atoms with Crippen molar-refractivity contribution >= 4 is 12.4 Å². The molecule has 1 aliphatic heterocycles. The van der Waals surface area contributed by atoms with Crippen molar-refractivity contribution in [1.29, 1.82) is 0 Å². The number of likely N-dealkylation sites (tertiary alicyclic amines) is 1. The van der Waals surface area contributed by atoms with E-state index in [9.17, 15) is 18.4 Å². The minimum atomic E-state index is -2.53. The van der Waals surface area contributed by atoms with E-state index in [1.807, 2.05) is 4.90 Å². The summed E-state index contributed by atoms with van der Waals surface area (Å²) in [6.07, 6.45) is 2.43. The number of nitrogens with one attached hydrogen (secondary N) is 1. The van der Waals surface area contributed by atoms with E-state index in [1.165, 1.54) is 0 Å². The molecule has 1 aliphatic carbocycles. The maximum Gasteiger partial charge on any atom is 0.326 e. The van der Waals surface area contributed by atoms with Crippen molar-refractivity contribution in [3.05, 3.63) is 0 Å². The highest BCUT2D eigenvalue weighted by atomic mass is 19.3. The highest BCUT2D eigenvalue weighted by Crippen LogP contribution is 2.48. The van der Waals surface area contributed by atoms with Gasteiger partial charge in [0.1, 0.15) is 6.04 Å². The van der Waals surface area contributed by atoms with E-state index in [2.05, 4.69) is 5.32 Å². The zero-order valence-electron chi connectivity index (χ0n) is 11.2. The summed E-state index contributed by atoms with van der Waals surface area (Å²) >= 11 is 0. The third kappa shape index (κ3) is 3.08. The van der Waals surface area contributed by atoms with Gasteiger partial charge in [0.05, 0.1) is 0 Å². The zero-order valence-corrected chi connectivity index (χ0v) is 11.2. The normalized spacial score (nSPS) is 29.9. The topological polar surface area (TPSA) is 69.6 Å². The van der Waals surface area contributed by atoms with Crippen LogP contribution >= 0.6 is 0 Å². The van der Waals surface area contributed by atoms with Crippen LogP contribution in [0.4, 0.5) is 8.78 Å². The smallest absolute Gasteiger partial charge is 0.326 e. The Morgan fingerprint density at radius 3 is 2.50 bits per heavy atom. The first-order valence-corrected chi connectivity index (χ1v) is 6.97. The number of carboxylic acids is 1. The summed E-state index contributed by atoms with van der Waals surface area (Å²) in [4.78, 5) is 23.1. The van der Waals surface area contributed by atoms with Gasteiger partial charge in [-0.3, -0.25) is 4.79 Å². The standard InChI is InChI=1S/C13H20F2N2O3/c14-13(15)9-3-4-10(13)7-17(6-9)5-1-2-11(12(19)20)16-8-18/h8-11H,1-7H2,(H,16,18)(H,19,20). The second-order valence-corrected chi connectivity index (χ2v) is 5.72. The van der Waals surface area contributed by atoms with E-state index in [4.69, 9.17) is 5.11 Å². The van der Waals surface area contributed by atoms with Crippen molar-refractivity contribution < 1.29 is 23.5 Å². The molecule has 0 spiro atoms. The first-order chi connectivity index (χ1) is 9.45. The lowest BCUT2D eigenvalue weighted by molar-refractivity contribution is -0.140. The van der Waals surface area contributed by atoms with E-state index >= 15 is 0 Å². The van der Waals surface area contributed by atoms with Gasteiger partial charge in [0.15, 0.2) is 0 Å². The number of carbonyl (C=O) groups is 2. The van der Waals surface area contributed by atoms with Gasteiger partial charge in [-0.05, 0) is 32.2 Å². The lowest BCUT2D eigenvalue weighted by Crippen LogP contribution is -2.49. The molecule has 114 valence electrons. The molecule has 0 aromatic carbocycles. The van der Waals surface area contributed by atoms with Crippen molar-refractivity contribution in [2.75, 3.05) is 19.6 Å². The van der Waals surface area contributed by atoms with Gasteiger partial charge >= 0.3 is 5.97 Å². The lowest BCUT2D eigenvalue weighted by atomic mass is 9.93. The molecule has 2 N–H and O–H groups in total. The number of nitrogens with zero attached hydrogens (tertiary/aromatic N) is 1. The van der Waals surface area contributed by atoms with Crippen LogP contribution in [0.1, 0.15) is 25.7 Å². The van der Waals surface area contributed by atoms with Crippen molar-refractivity contribution in [1.82, 2.24) is 10.2 Å². The minimum Gasteiger partial charge on any atom is -0.480 e. The molecule has 0 aromatic heterocycles. The SMILES string of the molecule is O=CNC(CCCN1CC2CCC(C1)C2(F)F)C(=O)O. The van der Waals surface area contributed by atoms with Crippen molar-refractivity contribution in [2.45, 2.75) is 37.6 Å². The van der Waals surface area contributed by atoms with Crippen LogP contribution < -0.4 is 5.32 Å². The van der Waals surface area contributed by atoms with Crippen LogP contribution in [-0.4, -0.2) is 54.0 Å². The number of piperidine rings is 1. The molecule has 2 bridgehead atoms. The van der Waals surface area contributed by atoms with Gasteiger partial charge in [-0.1, -0.05) is 0 Å². The van der Waals surface area contributed by atoms with E-state index in [0.717, 1.165) is 0 Å². The van der Waals surface area contributed by atoms with Crippen LogP contribution in [0.5, 0.6) is 0 Å². The summed E-state index contributed by atoms with van der Waals surface area (Å²) in [6.45, 7) is 1.39. The number of carbonyl (C=O) groups excluding carboxylic acids is 1. The van der Waals surface area contributed by atoms with E-state index in [1.54, 1.807) is 0 Å². The van der Waals surface area contributed by atoms with Gasteiger partial charge in [-0.25, -0.2) is 13.6 Å². The van der Waals surface area contributed by atoms with Gasteiger partial charge in [-0.2, -0.15) is 0 Å². The zero-order chi connectivity index (χ0) is 14.8. The van der Waals surface area contributed by atoms with Crippen LogP contribution in [0.25, 0.3) is 0 Å². The average Bonchev–Trinajstić information content (AvgIpc) is 2.56. The van der Waals surface area contributed by atoms with E-state index in [-0.39, 0.29) is 0 Å². The number of hydrogen-bond donors (Lipinski definition) is 2. The Morgan fingerprint density at radius 1 is 1.40 bits per heavy atom. The fourth-order valence-corrected chi connectivity index (χ4v) is 3.31. The van der Waals surface area contributed by atoms with Crippen LogP contribution in [-0.2, 0) is 9.59 Å². The second-order valence-electron chi connectivity index (χ2n) is 5.72. The lowest BCUT2D eigenvalue weighted by Gasteiger charge is -2.37. The van der Waals surface area contributed by atoms with Gasteiger partial charge in [0, 0.05) is 24.9 Å². The molecule has 2 fully saturated rings. The average molecular weight is 290 g/mol. The first kappa shape index (κ1) is 15.2. The molecule has 1 amide bonds. The highest BCUT2D eigenvalue weighted by Gasteiger charge is 2.55. The third-order valence-electron chi connectivity index (χ3n) is 4.44. The monoisotopic (exact) mass is 290 g/mol. The summed E-state index contributed by atoms with van der Waals surface area (Å²) in [6, 6.07) is -0.893. The molecular weight excluding hydrogens is 270 g/mol. The fourth-order valence-electron chi connectivity index (χ4n) is 3.31. The number of hydrogen-bond acceptors (Lipinski definition) is 3. The molecule has 0 aromatic rings. The molecule has 5 nitrogen and oxygen atoms in total. The molecule has 2 aliphatic rings. The molecule has 3 unspecified atom stereocenters. The van der Waals surface area contributed by atoms with Crippen molar-refractivity contribution in [3.8, 4) is 0 Å². The Hall–Kier alpha value is -1.24. The Balaban J connectivity index is 1.76. The number of halogens is 2. The molecule has 2 rings (SSSR count). The van der Waals surface area contributed by atoms with E-state index < -0.39 is 29.8 Å². The second kappa shape index (κ2) is 6.03. The first-order valence-electron chi connectivity index (χ1n) is 6.97. The fraction of sp³-hybridized carbons (Fsp3) is 0.846. The maximum atomic E-state index is 13.7. The third-order valence-corrected chi connectivity index (χ3v) is 4.44. The minimum absolute atomic E-state index is 0.316. The van der Waals surface area contributed by atoms with Gasteiger partial charge in [0.2, 0.25) is 6.41 Å². The molecule has 7 heteroatoms. The van der Waals surface area contributed by atoms with E-state index in [0.29, 0.717) is 51.7 Å². The van der Waals surface area contributed by atoms with Crippen LogP contribution in [0.2, 0.25) is 0 Å². The van der Waals surface area contributed by atoms with Gasteiger partial charge < -0.3 is 15.3 Å². The summed E-state index contributed by atoms with van der Waals surface area (Å²) in [5.41, 5.74) is 0. The Labute approximate surface area is 116 Å². The predicted octanol–water partition coefficient (Wildman–Crippen LogP) is 0.943. The molecule has 20 heavy (non-hydrogen) atoms. The molecular formula is C13H20F2N2O3.